The summed E-state index contributed by atoms with van der Waals surface area (Å²) in [6, 6.07) is 0. The first-order valence-electron chi connectivity index (χ1n) is 3.78. The molecule has 3 nitrogen and oxygen atoms in total. The van der Waals surface area contributed by atoms with E-state index in [0.29, 0.717) is 0 Å². The molecule has 1 rings (SSSR count). The molecule has 0 saturated carbocycles. The molecule has 1 heterocycles. The van der Waals surface area contributed by atoms with Crippen molar-refractivity contribution in [1.29, 1.82) is 0 Å². The van der Waals surface area contributed by atoms with Gasteiger partial charge in [-0.25, -0.2) is 9.37 Å². The zero-order valence-electron chi connectivity index (χ0n) is 7.81. The fraction of sp³-hybridized carbons (Fsp3) is 0.250. The average molecular weight is 316 g/mol. The molecule has 0 aliphatic rings. The van der Waals surface area contributed by atoms with Crippen molar-refractivity contribution >= 4 is 45.0 Å². The number of carbonyl (C=O) groups excluding carboxylic acids is 1. The van der Waals surface area contributed by atoms with Crippen LogP contribution < -0.4 is 0 Å². The molecule has 0 N–H and O–H groups in total. The minimum Gasteiger partial charge on any atom is -0.345 e. The van der Waals surface area contributed by atoms with Crippen LogP contribution in [0.25, 0.3) is 0 Å². The Balaban J connectivity index is 3.43. The van der Waals surface area contributed by atoms with Crippen LogP contribution in [0.3, 0.4) is 0 Å². The van der Waals surface area contributed by atoms with Crippen molar-refractivity contribution in [3.05, 3.63) is 26.2 Å². The van der Waals surface area contributed by atoms with E-state index in [1.54, 1.807) is 0 Å². The van der Waals surface area contributed by atoms with Gasteiger partial charge in [-0.2, -0.15) is 0 Å². The largest absolute Gasteiger partial charge is 0.345 e. The number of rotatable bonds is 1. The summed E-state index contributed by atoms with van der Waals surface area (Å²) >= 11 is 14.1. The Hall–Kier alpha value is -0.390. The number of carbonyl (C=O) groups is 1. The van der Waals surface area contributed by atoms with Crippen LogP contribution in [-0.4, -0.2) is 29.9 Å². The lowest BCUT2D eigenvalue weighted by atomic mass is 10.2. The van der Waals surface area contributed by atoms with Crippen molar-refractivity contribution < 1.29 is 9.18 Å². The molecule has 1 aromatic rings. The van der Waals surface area contributed by atoms with E-state index < -0.39 is 11.7 Å². The number of pyridine rings is 1. The molecule has 0 atom stereocenters. The lowest BCUT2D eigenvalue weighted by Gasteiger charge is -2.13. The second-order valence-corrected chi connectivity index (χ2v) is 4.40. The highest BCUT2D eigenvalue weighted by Crippen LogP contribution is 2.30. The number of amides is 1. The van der Waals surface area contributed by atoms with Gasteiger partial charge < -0.3 is 4.90 Å². The van der Waals surface area contributed by atoms with Gasteiger partial charge >= 0.3 is 0 Å². The van der Waals surface area contributed by atoms with Gasteiger partial charge in [0.25, 0.3) is 5.91 Å². The lowest BCUT2D eigenvalue weighted by molar-refractivity contribution is 0.0826. The molecule has 0 unspecified atom stereocenters. The second-order valence-electron chi connectivity index (χ2n) is 2.90. The molecule has 1 amide bonds. The van der Waals surface area contributed by atoms with Gasteiger partial charge in [0, 0.05) is 14.1 Å². The van der Waals surface area contributed by atoms with Crippen molar-refractivity contribution in [3.63, 3.8) is 0 Å². The zero-order chi connectivity index (χ0) is 11.7. The number of hydrogen-bond acceptors (Lipinski definition) is 2. The molecule has 0 aliphatic heterocycles. The summed E-state index contributed by atoms with van der Waals surface area (Å²) in [4.78, 5) is 16.4. The van der Waals surface area contributed by atoms with Crippen LogP contribution in [0.2, 0.25) is 10.3 Å². The molecule has 7 heteroatoms. The minimum absolute atomic E-state index is 0.0384. The predicted octanol–water partition coefficient (Wildman–Crippen LogP) is 2.99. The maximum atomic E-state index is 13.3. The molecule has 0 bridgehead atoms. The van der Waals surface area contributed by atoms with Crippen LogP contribution in [0.1, 0.15) is 10.4 Å². The molecule has 0 aromatic carbocycles. The van der Waals surface area contributed by atoms with Crippen molar-refractivity contribution in [2.75, 3.05) is 14.1 Å². The van der Waals surface area contributed by atoms with Gasteiger partial charge in [0.1, 0.15) is 5.15 Å². The lowest BCUT2D eigenvalue weighted by Crippen LogP contribution is -2.23. The Labute approximate surface area is 104 Å². The first-order valence-corrected chi connectivity index (χ1v) is 5.32. The van der Waals surface area contributed by atoms with Gasteiger partial charge in [0.15, 0.2) is 11.0 Å². The van der Waals surface area contributed by atoms with E-state index in [-0.39, 0.29) is 20.3 Å². The predicted molar refractivity (Wildman–Crippen MR) is 59.9 cm³/mol. The summed E-state index contributed by atoms with van der Waals surface area (Å²) in [5.74, 6) is -1.25. The smallest absolute Gasteiger partial charge is 0.257 e. The van der Waals surface area contributed by atoms with Crippen LogP contribution >= 0.6 is 39.1 Å². The average Bonchev–Trinajstić information content (AvgIpc) is 2.14. The minimum atomic E-state index is -0.800. The molecule has 0 spiro atoms. The normalized spacial score (nSPS) is 10.3. The van der Waals surface area contributed by atoms with Crippen molar-refractivity contribution in [1.82, 2.24) is 9.88 Å². The molecule has 0 radical (unpaired) electrons. The summed E-state index contributed by atoms with van der Waals surface area (Å²) in [7, 11) is 3.05. The highest BCUT2D eigenvalue weighted by Gasteiger charge is 2.22. The van der Waals surface area contributed by atoms with Gasteiger partial charge in [0.2, 0.25) is 0 Å². The van der Waals surface area contributed by atoms with E-state index in [0.717, 1.165) is 0 Å². The number of halogens is 4. The van der Waals surface area contributed by atoms with Crippen molar-refractivity contribution in [2.45, 2.75) is 0 Å². The Morgan fingerprint density at radius 1 is 1.40 bits per heavy atom. The SMILES string of the molecule is CN(C)C(=O)c1c(Cl)nc(Cl)c(F)c1Br. The van der Waals surface area contributed by atoms with Crippen LogP contribution in [0.4, 0.5) is 4.39 Å². The summed E-state index contributed by atoms with van der Waals surface area (Å²) in [5, 5.41) is -0.505. The van der Waals surface area contributed by atoms with Crippen LogP contribution in [-0.2, 0) is 0 Å². The van der Waals surface area contributed by atoms with Crippen molar-refractivity contribution in [2.24, 2.45) is 0 Å². The third-order valence-electron chi connectivity index (χ3n) is 1.62. The maximum absolute atomic E-state index is 13.3. The molecular formula is C8H6BrCl2FN2O. The van der Waals surface area contributed by atoms with Crippen molar-refractivity contribution in [3.8, 4) is 0 Å². The number of nitrogens with zero attached hydrogens (tertiary/aromatic N) is 2. The molecule has 15 heavy (non-hydrogen) atoms. The Kier molecular flexibility index (Phi) is 3.92. The molecule has 82 valence electrons. The maximum Gasteiger partial charge on any atom is 0.257 e. The third kappa shape index (κ3) is 2.41. The molecular weight excluding hydrogens is 310 g/mol. The Morgan fingerprint density at radius 2 is 1.93 bits per heavy atom. The highest BCUT2D eigenvalue weighted by atomic mass is 79.9. The number of hydrogen-bond donors (Lipinski definition) is 0. The van der Waals surface area contributed by atoms with E-state index in [4.69, 9.17) is 23.2 Å². The number of aromatic nitrogens is 1. The Morgan fingerprint density at radius 3 is 2.40 bits per heavy atom. The second kappa shape index (κ2) is 4.63. The third-order valence-corrected chi connectivity index (χ3v) is 2.88. The van der Waals surface area contributed by atoms with Crippen LogP contribution in [0.5, 0.6) is 0 Å². The Bertz CT molecular complexity index is 426. The molecule has 0 aliphatic carbocycles. The first kappa shape index (κ1) is 12.7. The van der Waals surface area contributed by atoms with Gasteiger partial charge in [-0.1, -0.05) is 23.2 Å². The van der Waals surface area contributed by atoms with Gasteiger partial charge in [-0.05, 0) is 15.9 Å². The van der Waals surface area contributed by atoms with E-state index in [2.05, 4.69) is 20.9 Å². The summed E-state index contributed by atoms with van der Waals surface area (Å²) in [6.45, 7) is 0. The van der Waals surface area contributed by atoms with Gasteiger partial charge in [-0.3, -0.25) is 4.79 Å². The molecule has 0 fully saturated rings. The van der Waals surface area contributed by atoms with E-state index >= 15 is 0 Å². The standard InChI is InChI=1S/C8H6BrCl2FN2O/c1-14(2)8(15)3-4(9)5(12)7(11)13-6(3)10/h1-2H3. The summed E-state index contributed by atoms with van der Waals surface area (Å²) in [5.41, 5.74) is -0.0384. The van der Waals surface area contributed by atoms with E-state index in [9.17, 15) is 9.18 Å². The molecule has 0 saturated heterocycles. The fourth-order valence-corrected chi connectivity index (χ4v) is 2.14. The summed E-state index contributed by atoms with van der Waals surface area (Å²) < 4.78 is 13.2. The topological polar surface area (TPSA) is 33.2 Å². The van der Waals surface area contributed by atoms with Gasteiger partial charge in [0.05, 0.1) is 10.0 Å². The summed E-state index contributed by atoms with van der Waals surface area (Å²) in [6.07, 6.45) is 0. The van der Waals surface area contributed by atoms with Gasteiger partial charge in [-0.15, -0.1) is 0 Å². The fourth-order valence-electron chi connectivity index (χ4n) is 0.888. The zero-order valence-corrected chi connectivity index (χ0v) is 10.9. The van der Waals surface area contributed by atoms with Crippen LogP contribution in [0, 0.1) is 5.82 Å². The molecule has 1 aromatic heterocycles. The quantitative estimate of drug-likeness (QED) is 0.746. The van der Waals surface area contributed by atoms with E-state index in [1.807, 2.05) is 0 Å². The van der Waals surface area contributed by atoms with E-state index in [1.165, 1.54) is 19.0 Å². The highest BCUT2D eigenvalue weighted by molar-refractivity contribution is 9.10. The first-order chi connectivity index (χ1) is 6.86. The van der Waals surface area contributed by atoms with Crippen LogP contribution in [0.15, 0.2) is 4.47 Å². The monoisotopic (exact) mass is 314 g/mol.